The first-order valence-electron chi connectivity index (χ1n) is 8.94. The summed E-state index contributed by atoms with van der Waals surface area (Å²) in [5, 5.41) is 84.5. The van der Waals surface area contributed by atoms with E-state index in [-0.39, 0.29) is 12.7 Å². The van der Waals surface area contributed by atoms with Crippen LogP contribution in [0.1, 0.15) is 45.4 Å². The maximum Gasteiger partial charge on any atom is 0.336 e. The first kappa shape index (κ1) is 34.3. The van der Waals surface area contributed by atoms with Gasteiger partial charge in [-0.3, -0.25) is 19.2 Å². The molecule has 0 heterocycles. The molecule has 0 saturated carbocycles. The zero-order chi connectivity index (χ0) is 27.0. The molecule has 0 aromatic carbocycles. The lowest BCUT2D eigenvalue weighted by molar-refractivity contribution is -0.170. The SMILES string of the molecule is CCC(O)CCO.O=C(O)CC(O)(CC(=O)O)C(=O)O.O=C(O)CC(O)(CC(=O)O)C(=O)O. The molecule has 192 valence electrons. The van der Waals surface area contributed by atoms with Crippen LogP contribution in [-0.4, -0.2) is 111 Å². The van der Waals surface area contributed by atoms with Gasteiger partial charge in [-0.1, -0.05) is 6.92 Å². The Bertz CT molecular complexity index is 601. The van der Waals surface area contributed by atoms with E-state index in [1.807, 2.05) is 6.92 Å². The lowest BCUT2D eigenvalue weighted by atomic mass is 9.96. The molecule has 0 saturated heterocycles. The first-order valence-corrected chi connectivity index (χ1v) is 8.94. The molecule has 0 amide bonds. The van der Waals surface area contributed by atoms with Crippen molar-refractivity contribution < 1.29 is 79.8 Å². The van der Waals surface area contributed by atoms with Gasteiger partial charge in [-0.25, -0.2) is 9.59 Å². The monoisotopic (exact) mass is 488 g/mol. The van der Waals surface area contributed by atoms with E-state index in [1.54, 1.807) is 0 Å². The van der Waals surface area contributed by atoms with Gasteiger partial charge in [-0.05, 0) is 12.8 Å². The third-order valence-electron chi connectivity index (χ3n) is 3.50. The van der Waals surface area contributed by atoms with Crippen LogP contribution >= 0.6 is 0 Å². The topological polar surface area (TPSA) is 305 Å². The Morgan fingerprint density at radius 3 is 0.970 bits per heavy atom. The third-order valence-corrected chi connectivity index (χ3v) is 3.50. The van der Waals surface area contributed by atoms with Crippen molar-refractivity contribution in [2.75, 3.05) is 6.61 Å². The van der Waals surface area contributed by atoms with Gasteiger partial charge < -0.3 is 51.1 Å². The van der Waals surface area contributed by atoms with Crippen LogP contribution in [0.4, 0.5) is 0 Å². The van der Waals surface area contributed by atoms with Gasteiger partial charge >= 0.3 is 35.8 Å². The van der Waals surface area contributed by atoms with Gasteiger partial charge in [0.25, 0.3) is 0 Å². The summed E-state index contributed by atoms with van der Waals surface area (Å²) in [7, 11) is 0. The summed E-state index contributed by atoms with van der Waals surface area (Å²) in [4.78, 5) is 61.0. The molecule has 0 aliphatic rings. The minimum Gasteiger partial charge on any atom is -0.481 e. The van der Waals surface area contributed by atoms with Crippen LogP contribution in [-0.2, 0) is 28.8 Å². The molecule has 0 fully saturated rings. The van der Waals surface area contributed by atoms with E-state index < -0.39 is 72.7 Å². The number of carboxylic acids is 6. The Morgan fingerprint density at radius 1 is 0.636 bits per heavy atom. The second-order valence-corrected chi connectivity index (χ2v) is 6.53. The van der Waals surface area contributed by atoms with Gasteiger partial charge in [-0.15, -0.1) is 0 Å². The van der Waals surface area contributed by atoms with Crippen LogP contribution in [0, 0.1) is 0 Å². The largest absolute Gasteiger partial charge is 0.481 e. The summed E-state index contributed by atoms with van der Waals surface area (Å²) in [6.07, 6.45) is -3.63. The summed E-state index contributed by atoms with van der Waals surface area (Å²) in [6, 6.07) is 0. The summed E-state index contributed by atoms with van der Waals surface area (Å²) in [5.74, 6) is -10.0. The second kappa shape index (κ2) is 16.3. The second-order valence-electron chi connectivity index (χ2n) is 6.53. The van der Waals surface area contributed by atoms with Crippen LogP contribution in [0.2, 0.25) is 0 Å². The van der Waals surface area contributed by atoms with Crippen molar-refractivity contribution in [3.63, 3.8) is 0 Å². The molecule has 0 rings (SSSR count). The molecule has 0 aromatic heterocycles. The molecule has 0 bridgehead atoms. The maximum absolute atomic E-state index is 10.3. The molecule has 10 N–H and O–H groups in total. The van der Waals surface area contributed by atoms with E-state index in [4.69, 9.17) is 51.1 Å². The number of rotatable bonds is 13. The summed E-state index contributed by atoms with van der Waals surface area (Å²) in [5.41, 5.74) is -5.48. The van der Waals surface area contributed by atoms with Gasteiger partial charge in [0.2, 0.25) is 0 Å². The maximum atomic E-state index is 10.3. The zero-order valence-electron chi connectivity index (χ0n) is 17.4. The molecule has 0 spiro atoms. The zero-order valence-corrected chi connectivity index (χ0v) is 17.4. The fourth-order valence-corrected chi connectivity index (χ4v) is 1.78. The summed E-state index contributed by atoms with van der Waals surface area (Å²) in [6.45, 7) is 1.98. The number of carboxylic acid groups (broad SMARTS) is 6. The van der Waals surface area contributed by atoms with Crippen molar-refractivity contribution in [3.05, 3.63) is 0 Å². The quantitative estimate of drug-likeness (QED) is 0.130. The molecular formula is C17H28O16. The molecule has 16 heteroatoms. The van der Waals surface area contributed by atoms with E-state index in [0.29, 0.717) is 6.42 Å². The highest BCUT2D eigenvalue weighted by molar-refractivity contribution is 5.88. The third kappa shape index (κ3) is 18.0. The lowest BCUT2D eigenvalue weighted by Gasteiger charge is -2.18. The molecule has 33 heavy (non-hydrogen) atoms. The highest BCUT2D eigenvalue weighted by atomic mass is 16.4. The van der Waals surface area contributed by atoms with E-state index in [0.717, 1.165) is 6.42 Å². The van der Waals surface area contributed by atoms with E-state index in [2.05, 4.69) is 0 Å². The summed E-state index contributed by atoms with van der Waals surface area (Å²) >= 11 is 0. The Balaban J connectivity index is -0.000000429. The van der Waals surface area contributed by atoms with E-state index in [1.165, 1.54) is 0 Å². The number of carbonyl (C=O) groups is 6. The normalized spacial score (nSPS) is 11.5. The standard InChI is InChI=1S/2C6H8O7.C5H12O2/c2*7-3(8)1-6(13,5(11)12)2-4(9)10;1-2-5(7)3-4-6/h2*13H,1-2H2,(H,7,8)(H,9,10)(H,11,12);5-7H,2-4H2,1H3. The first-order chi connectivity index (χ1) is 14.9. The van der Waals surface area contributed by atoms with Gasteiger partial charge in [0.05, 0.1) is 31.8 Å². The van der Waals surface area contributed by atoms with Crippen molar-refractivity contribution in [1.82, 2.24) is 0 Å². The van der Waals surface area contributed by atoms with Gasteiger partial charge in [0.1, 0.15) is 0 Å². The Hall–Kier alpha value is -3.34. The van der Waals surface area contributed by atoms with Gasteiger partial charge in [-0.2, -0.15) is 0 Å². The van der Waals surface area contributed by atoms with Crippen molar-refractivity contribution in [1.29, 1.82) is 0 Å². The minimum atomic E-state index is -2.74. The van der Waals surface area contributed by atoms with Crippen molar-refractivity contribution in [2.45, 2.75) is 62.8 Å². The lowest BCUT2D eigenvalue weighted by Crippen LogP contribution is -2.42. The van der Waals surface area contributed by atoms with E-state index >= 15 is 0 Å². The van der Waals surface area contributed by atoms with Gasteiger partial charge in [0.15, 0.2) is 11.2 Å². The van der Waals surface area contributed by atoms with Crippen LogP contribution in [0.25, 0.3) is 0 Å². The molecule has 0 aromatic rings. The van der Waals surface area contributed by atoms with Crippen molar-refractivity contribution in [2.24, 2.45) is 0 Å². The van der Waals surface area contributed by atoms with E-state index in [9.17, 15) is 28.8 Å². The van der Waals surface area contributed by atoms with Crippen LogP contribution in [0.15, 0.2) is 0 Å². The smallest absolute Gasteiger partial charge is 0.336 e. The highest BCUT2D eigenvalue weighted by Gasteiger charge is 2.41. The Morgan fingerprint density at radius 2 is 0.879 bits per heavy atom. The average Bonchev–Trinajstić information content (AvgIpc) is 2.59. The van der Waals surface area contributed by atoms with Crippen LogP contribution < -0.4 is 0 Å². The number of aliphatic hydroxyl groups excluding tert-OH is 2. The van der Waals surface area contributed by atoms with Crippen molar-refractivity contribution in [3.8, 4) is 0 Å². The number of aliphatic hydroxyl groups is 4. The molecule has 1 atom stereocenters. The number of aliphatic carboxylic acids is 6. The van der Waals surface area contributed by atoms with Crippen LogP contribution in [0.3, 0.4) is 0 Å². The fraction of sp³-hybridized carbons (Fsp3) is 0.647. The predicted octanol–water partition coefficient (Wildman–Crippen LogP) is -2.36. The fourth-order valence-electron chi connectivity index (χ4n) is 1.78. The number of hydrogen-bond donors (Lipinski definition) is 10. The molecule has 0 radical (unpaired) electrons. The molecule has 0 aliphatic heterocycles. The molecule has 16 nitrogen and oxygen atoms in total. The van der Waals surface area contributed by atoms with Crippen molar-refractivity contribution >= 4 is 35.8 Å². The predicted molar refractivity (Wildman–Crippen MR) is 102 cm³/mol. The van der Waals surface area contributed by atoms with Gasteiger partial charge in [0, 0.05) is 6.61 Å². The Kier molecular flexibility index (Phi) is 16.9. The number of hydrogen-bond acceptors (Lipinski definition) is 10. The highest BCUT2D eigenvalue weighted by Crippen LogP contribution is 2.16. The average molecular weight is 488 g/mol. The molecular weight excluding hydrogens is 460 g/mol. The minimum absolute atomic E-state index is 0.0923. The Labute approximate surface area is 186 Å². The molecule has 1 unspecified atom stereocenters. The molecule has 0 aliphatic carbocycles. The van der Waals surface area contributed by atoms with Crippen LogP contribution in [0.5, 0.6) is 0 Å². The summed E-state index contributed by atoms with van der Waals surface area (Å²) < 4.78 is 0.